The highest BCUT2D eigenvalue weighted by Crippen LogP contribution is 2.38. The maximum Gasteiger partial charge on any atom is 0.223 e. The van der Waals surface area contributed by atoms with Crippen molar-refractivity contribution in [3.8, 4) is 0 Å². The molecule has 2 N–H and O–H groups in total. The van der Waals surface area contributed by atoms with E-state index in [1.54, 1.807) is 0 Å². The summed E-state index contributed by atoms with van der Waals surface area (Å²) in [6.45, 7) is 7.23. The van der Waals surface area contributed by atoms with Gasteiger partial charge in [0.2, 0.25) is 5.91 Å². The van der Waals surface area contributed by atoms with Gasteiger partial charge < -0.3 is 10.4 Å². The number of aliphatic hydroxyl groups is 1. The highest BCUT2D eigenvalue weighted by molar-refractivity contribution is 5.79. The molecular formula is C15H29NO2. The van der Waals surface area contributed by atoms with Gasteiger partial charge in [0.1, 0.15) is 0 Å². The first kappa shape index (κ1) is 15.5. The van der Waals surface area contributed by atoms with Crippen molar-refractivity contribution in [2.24, 2.45) is 17.3 Å². The summed E-state index contributed by atoms with van der Waals surface area (Å²) in [5.74, 6) is 0.837. The van der Waals surface area contributed by atoms with Gasteiger partial charge in [0, 0.05) is 19.1 Å². The van der Waals surface area contributed by atoms with Crippen LogP contribution in [0.2, 0.25) is 0 Å². The lowest BCUT2D eigenvalue weighted by molar-refractivity contribution is -0.128. The Bertz CT molecular complexity index is 263. The van der Waals surface area contributed by atoms with E-state index in [2.05, 4.69) is 26.1 Å². The minimum Gasteiger partial charge on any atom is -0.396 e. The maximum atomic E-state index is 12.2. The molecule has 0 aliphatic heterocycles. The lowest BCUT2D eigenvalue weighted by Crippen LogP contribution is -2.39. The fourth-order valence-electron chi connectivity index (χ4n) is 2.95. The predicted molar refractivity (Wildman–Crippen MR) is 74.2 cm³/mol. The van der Waals surface area contributed by atoms with Crippen molar-refractivity contribution in [3.63, 3.8) is 0 Å². The zero-order chi connectivity index (χ0) is 13.6. The van der Waals surface area contributed by atoms with E-state index in [0.717, 1.165) is 32.2 Å². The zero-order valence-electron chi connectivity index (χ0n) is 12.2. The lowest BCUT2D eigenvalue weighted by atomic mass is 9.71. The van der Waals surface area contributed by atoms with Crippen molar-refractivity contribution >= 4 is 5.91 Å². The van der Waals surface area contributed by atoms with Crippen LogP contribution in [0.25, 0.3) is 0 Å². The van der Waals surface area contributed by atoms with E-state index in [9.17, 15) is 9.90 Å². The summed E-state index contributed by atoms with van der Waals surface area (Å²) < 4.78 is 0. The topological polar surface area (TPSA) is 49.3 Å². The van der Waals surface area contributed by atoms with Crippen LogP contribution >= 0.6 is 0 Å². The molecule has 2 atom stereocenters. The van der Waals surface area contributed by atoms with Crippen LogP contribution in [-0.4, -0.2) is 24.2 Å². The number of carbonyl (C=O) groups excluding carboxylic acids is 1. The van der Waals surface area contributed by atoms with E-state index in [1.165, 1.54) is 12.8 Å². The highest BCUT2D eigenvalue weighted by Gasteiger charge is 2.34. The quantitative estimate of drug-likeness (QED) is 0.766. The first-order valence-electron chi connectivity index (χ1n) is 7.38. The van der Waals surface area contributed by atoms with Crippen LogP contribution in [0.5, 0.6) is 0 Å². The third-order valence-electron chi connectivity index (χ3n) is 4.04. The molecule has 0 radical (unpaired) electrons. The highest BCUT2D eigenvalue weighted by atomic mass is 16.3. The SMILES string of the molecule is CCCNC(=O)C1CCCCC1CC(C)(C)CO. The fourth-order valence-corrected chi connectivity index (χ4v) is 2.95. The summed E-state index contributed by atoms with van der Waals surface area (Å²) in [5, 5.41) is 12.4. The number of hydrogen-bond acceptors (Lipinski definition) is 2. The number of rotatable bonds is 6. The van der Waals surface area contributed by atoms with Crippen molar-refractivity contribution in [2.75, 3.05) is 13.2 Å². The fraction of sp³-hybridized carbons (Fsp3) is 0.933. The third-order valence-corrected chi connectivity index (χ3v) is 4.04. The van der Waals surface area contributed by atoms with Gasteiger partial charge in [-0.15, -0.1) is 0 Å². The number of hydrogen-bond donors (Lipinski definition) is 2. The summed E-state index contributed by atoms with van der Waals surface area (Å²) in [6, 6.07) is 0. The first-order chi connectivity index (χ1) is 8.50. The van der Waals surface area contributed by atoms with E-state index in [-0.39, 0.29) is 23.8 Å². The van der Waals surface area contributed by atoms with Crippen molar-refractivity contribution < 1.29 is 9.90 Å². The second-order valence-corrected chi connectivity index (χ2v) is 6.47. The Hall–Kier alpha value is -0.570. The summed E-state index contributed by atoms with van der Waals surface area (Å²) >= 11 is 0. The second kappa shape index (κ2) is 7.13. The van der Waals surface area contributed by atoms with Crippen LogP contribution in [0.1, 0.15) is 59.3 Å². The molecule has 1 aliphatic carbocycles. The number of amides is 1. The molecule has 2 unspecified atom stereocenters. The van der Waals surface area contributed by atoms with Crippen LogP contribution < -0.4 is 5.32 Å². The molecular weight excluding hydrogens is 226 g/mol. The molecule has 1 rings (SSSR count). The molecule has 106 valence electrons. The average molecular weight is 255 g/mol. The van der Waals surface area contributed by atoms with E-state index < -0.39 is 0 Å². The van der Waals surface area contributed by atoms with Crippen LogP contribution in [0, 0.1) is 17.3 Å². The first-order valence-corrected chi connectivity index (χ1v) is 7.38. The summed E-state index contributed by atoms with van der Waals surface area (Å²) in [4.78, 5) is 12.2. The van der Waals surface area contributed by atoms with Gasteiger partial charge in [-0.1, -0.05) is 33.6 Å². The van der Waals surface area contributed by atoms with Crippen LogP contribution in [-0.2, 0) is 4.79 Å². The van der Waals surface area contributed by atoms with Gasteiger partial charge in [0.05, 0.1) is 0 Å². The zero-order valence-corrected chi connectivity index (χ0v) is 12.2. The molecule has 1 amide bonds. The minimum absolute atomic E-state index is 0.0642. The summed E-state index contributed by atoms with van der Waals surface area (Å²) in [5.41, 5.74) is -0.0642. The molecule has 3 heteroatoms. The second-order valence-electron chi connectivity index (χ2n) is 6.47. The van der Waals surface area contributed by atoms with Gasteiger partial charge in [-0.3, -0.25) is 4.79 Å². The van der Waals surface area contributed by atoms with Gasteiger partial charge in [-0.2, -0.15) is 0 Å². The maximum absolute atomic E-state index is 12.2. The molecule has 1 saturated carbocycles. The van der Waals surface area contributed by atoms with E-state index in [1.807, 2.05) is 0 Å². The largest absolute Gasteiger partial charge is 0.396 e. The molecule has 0 spiro atoms. The van der Waals surface area contributed by atoms with Crippen molar-refractivity contribution in [1.29, 1.82) is 0 Å². The third kappa shape index (κ3) is 4.60. The monoisotopic (exact) mass is 255 g/mol. The van der Waals surface area contributed by atoms with Crippen molar-refractivity contribution in [3.05, 3.63) is 0 Å². The number of nitrogens with one attached hydrogen (secondary N) is 1. The van der Waals surface area contributed by atoms with Crippen molar-refractivity contribution in [1.82, 2.24) is 5.32 Å². The Morgan fingerprint density at radius 2 is 2.00 bits per heavy atom. The molecule has 0 aromatic heterocycles. The van der Waals surface area contributed by atoms with Crippen molar-refractivity contribution in [2.45, 2.75) is 59.3 Å². The van der Waals surface area contributed by atoms with Crippen LogP contribution in [0.4, 0.5) is 0 Å². The average Bonchev–Trinajstić information content (AvgIpc) is 2.36. The molecule has 1 fully saturated rings. The molecule has 0 saturated heterocycles. The molecule has 0 heterocycles. The van der Waals surface area contributed by atoms with Crippen LogP contribution in [0.15, 0.2) is 0 Å². The van der Waals surface area contributed by atoms with Crippen LogP contribution in [0.3, 0.4) is 0 Å². The molecule has 0 aromatic rings. The number of aliphatic hydroxyl groups excluding tert-OH is 1. The normalized spacial score (nSPS) is 24.9. The van der Waals surface area contributed by atoms with E-state index >= 15 is 0 Å². The van der Waals surface area contributed by atoms with E-state index in [4.69, 9.17) is 0 Å². The Kier molecular flexibility index (Phi) is 6.13. The Labute approximate surface area is 111 Å². The predicted octanol–water partition coefficient (Wildman–Crippen LogP) is 2.73. The number of carbonyl (C=O) groups is 1. The molecule has 1 aliphatic rings. The Morgan fingerprint density at radius 3 is 2.61 bits per heavy atom. The molecule has 18 heavy (non-hydrogen) atoms. The van der Waals surface area contributed by atoms with Gasteiger partial charge in [-0.25, -0.2) is 0 Å². The van der Waals surface area contributed by atoms with E-state index in [0.29, 0.717) is 5.92 Å². The van der Waals surface area contributed by atoms with Gasteiger partial charge >= 0.3 is 0 Å². The molecule has 0 aromatic carbocycles. The standard InChI is InChI=1S/C15H29NO2/c1-4-9-16-14(18)13-8-6-5-7-12(13)10-15(2,3)11-17/h12-13,17H,4-11H2,1-3H3,(H,16,18). The Balaban J connectivity index is 2.59. The molecule has 0 bridgehead atoms. The van der Waals surface area contributed by atoms with Gasteiger partial charge in [-0.05, 0) is 37.0 Å². The smallest absolute Gasteiger partial charge is 0.223 e. The Morgan fingerprint density at radius 1 is 1.33 bits per heavy atom. The summed E-state index contributed by atoms with van der Waals surface area (Å²) in [7, 11) is 0. The minimum atomic E-state index is -0.0642. The van der Waals surface area contributed by atoms with Gasteiger partial charge in [0.15, 0.2) is 0 Å². The lowest BCUT2D eigenvalue weighted by Gasteiger charge is -2.35. The molecule has 3 nitrogen and oxygen atoms in total. The van der Waals surface area contributed by atoms with Gasteiger partial charge in [0.25, 0.3) is 0 Å². The summed E-state index contributed by atoms with van der Waals surface area (Å²) in [6.07, 6.45) is 6.48.